The summed E-state index contributed by atoms with van der Waals surface area (Å²) in [6, 6.07) is 6.04. The van der Waals surface area contributed by atoms with Gasteiger partial charge in [0.15, 0.2) is 0 Å². The van der Waals surface area contributed by atoms with E-state index in [1.807, 2.05) is 19.1 Å². The summed E-state index contributed by atoms with van der Waals surface area (Å²) in [6.45, 7) is 7.24. The van der Waals surface area contributed by atoms with Crippen LogP contribution in [-0.4, -0.2) is 6.04 Å². The molecular weight excluding hydrogens is 225 g/mol. The van der Waals surface area contributed by atoms with Crippen molar-refractivity contribution in [3.8, 4) is 0 Å². The molecule has 1 N–H and O–H groups in total. The quantitative estimate of drug-likeness (QED) is 0.847. The first kappa shape index (κ1) is 13.5. The molecule has 0 radical (unpaired) electrons. The van der Waals surface area contributed by atoms with Crippen molar-refractivity contribution < 1.29 is 4.39 Å². The third kappa shape index (κ3) is 3.55. The Morgan fingerprint density at radius 2 is 1.94 bits per heavy atom. The highest BCUT2D eigenvalue weighted by Crippen LogP contribution is 2.35. The molecule has 1 saturated carbocycles. The number of benzene rings is 1. The van der Waals surface area contributed by atoms with E-state index in [2.05, 4.69) is 19.2 Å². The van der Waals surface area contributed by atoms with Crippen molar-refractivity contribution >= 4 is 0 Å². The van der Waals surface area contributed by atoms with E-state index >= 15 is 0 Å². The Bertz CT molecular complexity index is 402. The monoisotopic (exact) mass is 249 g/mol. The first-order valence-electron chi connectivity index (χ1n) is 6.95. The molecule has 1 aromatic carbocycles. The van der Waals surface area contributed by atoms with E-state index in [1.165, 1.54) is 25.7 Å². The molecule has 1 aromatic rings. The van der Waals surface area contributed by atoms with Crippen LogP contribution in [0.4, 0.5) is 4.39 Å². The van der Waals surface area contributed by atoms with Crippen LogP contribution in [0.25, 0.3) is 0 Å². The van der Waals surface area contributed by atoms with E-state index in [0.717, 1.165) is 11.1 Å². The molecule has 1 aliphatic carbocycles. The number of hydrogen-bond donors (Lipinski definition) is 1. The van der Waals surface area contributed by atoms with Crippen LogP contribution in [0.5, 0.6) is 0 Å². The minimum Gasteiger partial charge on any atom is -0.310 e. The number of nitrogens with one attached hydrogen (secondary N) is 1. The first-order valence-corrected chi connectivity index (χ1v) is 6.95. The zero-order valence-electron chi connectivity index (χ0n) is 11.7. The normalized spacial score (nSPS) is 20.0. The van der Waals surface area contributed by atoms with Crippen molar-refractivity contribution in [3.63, 3.8) is 0 Å². The van der Waals surface area contributed by atoms with Gasteiger partial charge in [-0.2, -0.15) is 0 Å². The van der Waals surface area contributed by atoms with Gasteiger partial charge in [-0.05, 0) is 49.7 Å². The van der Waals surface area contributed by atoms with E-state index < -0.39 is 0 Å². The summed E-state index contributed by atoms with van der Waals surface area (Å²) in [5, 5.41) is 3.50. The Morgan fingerprint density at radius 3 is 2.56 bits per heavy atom. The van der Waals surface area contributed by atoms with Crippen LogP contribution in [0.1, 0.15) is 50.7 Å². The molecule has 0 saturated heterocycles. The molecule has 100 valence electrons. The fourth-order valence-electron chi connectivity index (χ4n) is 2.65. The van der Waals surface area contributed by atoms with Crippen LogP contribution < -0.4 is 5.32 Å². The minimum absolute atomic E-state index is 0.0846. The zero-order chi connectivity index (χ0) is 13.2. The molecule has 2 heteroatoms. The maximum absolute atomic E-state index is 13.7. The van der Waals surface area contributed by atoms with Gasteiger partial charge < -0.3 is 5.32 Å². The second-order valence-electron chi connectivity index (χ2n) is 6.41. The molecule has 0 aromatic heterocycles. The maximum Gasteiger partial charge on any atom is 0.127 e. The average Bonchev–Trinajstić information content (AvgIpc) is 2.29. The van der Waals surface area contributed by atoms with E-state index in [1.54, 1.807) is 6.07 Å². The van der Waals surface area contributed by atoms with Crippen molar-refractivity contribution in [3.05, 3.63) is 35.1 Å². The number of hydrogen-bond acceptors (Lipinski definition) is 1. The highest BCUT2D eigenvalue weighted by molar-refractivity contribution is 5.23. The van der Waals surface area contributed by atoms with Gasteiger partial charge in [-0.1, -0.05) is 26.0 Å². The Morgan fingerprint density at radius 1 is 1.28 bits per heavy atom. The third-order valence-corrected chi connectivity index (χ3v) is 4.13. The van der Waals surface area contributed by atoms with Crippen molar-refractivity contribution in [1.29, 1.82) is 0 Å². The van der Waals surface area contributed by atoms with Crippen molar-refractivity contribution in [1.82, 2.24) is 5.32 Å². The Balaban J connectivity index is 1.85. The van der Waals surface area contributed by atoms with Crippen LogP contribution >= 0.6 is 0 Å². The van der Waals surface area contributed by atoms with Gasteiger partial charge >= 0.3 is 0 Å². The fourth-order valence-corrected chi connectivity index (χ4v) is 2.65. The van der Waals surface area contributed by atoms with Gasteiger partial charge in [-0.25, -0.2) is 4.39 Å². The lowest BCUT2D eigenvalue weighted by Gasteiger charge is -2.34. The lowest BCUT2D eigenvalue weighted by atomic mass is 9.75. The van der Waals surface area contributed by atoms with Crippen LogP contribution in [0.3, 0.4) is 0 Å². The van der Waals surface area contributed by atoms with Gasteiger partial charge in [0.25, 0.3) is 0 Å². The van der Waals surface area contributed by atoms with Crippen LogP contribution in [-0.2, 0) is 6.54 Å². The molecule has 0 bridgehead atoms. The molecule has 0 amide bonds. The molecule has 0 aliphatic heterocycles. The number of aryl methyl sites for hydroxylation is 1. The van der Waals surface area contributed by atoms with Crippen LogP contribution in [0, 0.1) is 18.2 Å². The second kappa shape index (κ2) is 5.40. The average molecular weight is 249 g/mol. The molecule has 0 spiro atoms. The second-order valence-corrected chi connectivity index (χ2v) is 6.41. The van der Waals surface area contributed by atoms with Gasteiger partial charge in [0.1, 0.15) is 5.82 Å². The lowest BCUT2D eigenvalue weighted by Crippen LogP contribution is -2.35. The van der Waals surface area contributed by atoms with E-state index in [9.17, 15) is 4.39 Å². The SMILES string of the molecule is Cc1ccc(CNC2CCC(C)(C)CC2)c(F)c1. The summed E-state index contributed by atoms with van der Waals surface area (Å²) >= 11 is 0. The third-order valence-electron chi connectivity index (χ3n) is 4.13. The standard InChI is InChI=1S/C16H24FN/c1-12-4-5-13(15(17)10-12)11-18-14-6-8-16(2,3)9-7-14/h4-5,10,14,18H,6-9,11H2,1-3H3. The van der Waals surface area contributed by atoms with Crippen molar-refractivity contribution in [2.24, 2.45) is 5.41 Å². The predicted octanol–water partition coefficient (Wildman–Crippen LogP) is 4.19. The summed E-state index contributed by atoms with van der Waals surface area (Å²) < 4.78 is 13.7. The van der Waals surface area contributed by atoms with E-state index in [4.69, 9.17) is 0 Å². The lowest BCUT2D eigenvalue weighted by molar-refractivity contribution is 0.205. The molecule has 1 nitrogen and oxygen atoms in total. The van der Waals surface area contributed by atoms with Gasteiger partial charge in [0.2, 0.25) is 0 Å². The van der Waals surface area contributed by atoms with Gasteiger partial charge in [-0.15, -0.1) is 0 Å². The van der Waals surface area contributed by atoms with E-state index in [0.29, 0.717) is 18.0 Å². The molecule has 1 fully saturated rings. The topological polar surface area (TPSA) is 12.0 Å². The summed E-state index contributed by atoms with van der Waals surface area (Å²) in [6.07, 6.45) is 4.95. The van der Waals surface area contributed by atoms with Gasteiger partial charge in [0.05, 0.1) is 0 Å². The van der Waals surface area contributed by atoms with Gasteiger partial charge in [-0.3, -0.25) is 0 Å². The summed E-state index contributed by atoms with van der Waals surface area (Å²) in [4.78, 5) is 0. The van der Waals surface area contributed by atoms with Crippen LogP contribution in [0.2, 0.25) is 0 Å². The highest BCUT2D eigenvalue weighted by Gasteiger charge is 2.26. The maximum atomic E-state index is 13.7. The highest BCUT2D eigenvalue weighted by atomic mass is 19.1. The van der Waals surface area contributed by atoms with Crippen molar-refractivity contribution in [2.75, 3.05) is 0 Å². The summed E-state index contributed by atoms with van der Waals surface area (Å²) in [5.41, 5.74) is 2.26. The number of halogens is 1. The largest absolute Gasteiger partial charge is 0.310 e. The van der Waals surface area contributed by atoms with E-state index in [-0.39, 0.29) is 5.82 Å². The Kier molecular flexibility index (Phi) is 4.06. The minimum atomic E-state index is -0.0846. The molecule has 0 atom stereocenters. The summed E-state index contributed by atoms with van der Waals surface area (Å²) in [7, 11) is 0. The Hall–Kier alpha value is -0.890. The molecule has 0 unspecified atom stereocenters. The zero-order valence-corrected chi connectivity index (χ0v) is 11.7. The van der Waals surface area contributed by atoms with Gasteiger partial charge in [0, 0.05) is 18.2 Å². The predicted molar refractivity (Wildman–Crippen MR) is 74.0 cm³/mol. The fraction of sp³-hybridized carbons (Fsp3) is 0.625. The molecular formula is C16H24FN. The molecule has 18 heavy (non-hydrogen) atoms. The Labute approximate surface area is 110 Å². The molecule has 2 rings (SSSR count). The number of rotatable bonds is 3. The molecule has 1 aliphatic rings. The van der Waals surface area contributed by atoms with Crippen molar-refractivity contribution in [2.45, 2.75) is 59.0 Å². The smallest absolute Gasteiger partial charge is 0.127 e. The van der Waals surface area contributed by atoms with Crippen LogP contribution in [0.15, 0.2) is 18.2 Å². The summed E-state index contributed by atoms with van der Waals surface area (Å²) in [5.74, 6) is -0.0846. The molecule has 0 heterocycles. The first-order chi connectivity index (χ1) is 8.46.